The van der Waals surface area contributed by atoms with Crippen molar-refractivity contribution in [1.82, 2.24) is 4.98 Å². The zero-order valence-electron chi connectivity index (χ0n) is 9.81. The van der Waals surface area contributed by atoms with Gasteiger partial charge in [-0.25, -0.2) is 4.98 Å². The minimum Gasteiger partial charge on any atom is -0.437 e. The second-order valence-corrected chi connectivity index (χ2v) is 5.64. The molecule has 0 amide bonds. The quantitative estimate of drug-likeness (QED) is 0.583. The number of hydrogen-bond acceptors (Lipinski definition) is 2. The molecule has 3 rings (SSSR count). The van der Waals surface area contributed by atoms with Crippen LogP contribution in [0.1, 0.15) is 0 Å². The van der Waals surface area contributed by atoms with Crippen molar-refractivity contribution < 1.29 is 4.74 Å². The number of benzene rings is 2. The van der Waals surface area contributed by atoms with E-state index >= 15 is 0 Å². The predicted octanol–water partition coefficient (Wildman–Crippen LogP) is 5.55. The fourth-order valence-corrected chi connectivity index (χ4v) is 2.75. The number of nitrogens with zero attached hydrogens (tertiary/aromatic N) is 1. The van der Waals surface area contributed by atoms with Crippen LogP contribution in [0, 0.1) is 0 Å². The van der Waals surface area contributed by atoms with Crippen LogP contribution in [0.15, 0.2) is 63.7 Å². The van der Waals surface area contributed by atoms with Crippen LogP contribution in [0.25, 0.3) is 10.8 Å². The molecular formula is C15H9Br2NO. The van der Waals surface area contributed by atoms with E-state index in [4.69, 9.17) is 4.74 Å². The highest BCUT2D eigenvalue weighted by Crippen LogP contribution is 2.36. The number of halogens is 2. The van der Waals surface area contributed by atoms with Crippen molar-refractivity contribution in [1.29, 1.82) is 0 Å². The first kappa shape index (κ1) is 12.6. The summed E-state index contributed by atoms with van der Waals surface area (Å²) in [4.78, 5) is 4.20. The topological polar surface area (TPSA) is 22.1 Å². The van der Waals surface area contributed by atoms with Crippen LogP contribution in [0.2, 0.25) is 0 Å². The lowest BCUT2D eigenvalue weighted by molar-refractivity contribution is 0.458. The second-order valence-electron chi connectivity index (χ2n) is 3.99. The SMILES string of the molecule is Brc1cccnc1Oc1ccc2ccccc2c1Br. The molecule has 0 saturated carbocycles. The van der Waals surface area contributed by atoms with Crippen LogP contribution in [0.4, 0.5) is 0 Å². The Balaban J connectivity index is 2.07. The molecule has 0 spiro atoms. The molecule has 0 saturated heterocycles. The Labute approximate surface area is 127 Å². The molecule has 4 heteroatoms. The number of rotatable bonds is 2. The van der Waals surface area contributed by atoms with Gasteiger partial charge >= 0.3 is 0 Å². The summed E-state index contributed by atoms with van der Waals surface area (Å²) in [5, 5.41) is 2.29. The van der Waals surface area contributed by atoms with Gasteiger partial charge in [0.25, 0.3) is 0 Å². The van der Waals surface area contributed by atoms with Crippen molar-refractivity contribution >= 4 is 42.6 Å². The van der Waals surface area contributed by atoms with Crippen molar-refractivity contribution in [3.8, 4) is 11.6 Å². The minimum absolute atomic E-state index is 0.554. The fourth-order valence-electron chi connectivity index (χ4n) is 1.84. The number of ether oxygens (including phenoxy) is 1. The molecule has 2 nitrogen and oxygen atoms in total. The van der Waals surface area contributed by atoms with E-state index in [1.54, 1.807) is 6.20 Å². The molecule has 19 heavy (non-hydrogen) atoms. The summed E-state index contributed by atoms with van der Waals surface area (Å²) in [6.07, 6.45) is 1.70. The zero-order valence-corrected chi connectivity index (χ0v) is 13.0. The first-order chi connectivity index (χ1) is 9.25. The third-order valence-corrected chi connectivity index (χ3v) is 4.18. The standard InChI is InChI=1S/C15H9Br2NO/c16-12-6-3-9-18-15(12)19-13-8-7-10-4-1-2-5-11(10)14(13)17/h1-9H. The van der Waals surface area contributed by atoms with Gasteiger partial charge in [-0.2, -0.15) is 0 Å². The lowest BCUT2D eigenvalue weighted by Crippen LogP contribution is -1.90. The molecular weight excluding hydrogens is 370 g/mol. The highest BCUT2D eigenvalue weighted by atomic mass is 79.9. The molecule has 3 aromatic rings. The molecule has 2 aromatic carbocycles. The molecule has 1 heterocycles. The summed E-state index contributed by atoms with van der Waals surface area (Å²) < 4.78 is 7.61. The molecule has 0 radical (unpaired) electrons. The van der Waals surface area contributed by atoms with Gasteiger partial charge in [0.1, 0.15) is 5.75 Å². The van der Waals surface area contributed by atoms with Gasteiger partial charge in [0.2, 0.25) is 5.88 Å². The number of fused-ring (bicyclic) bond motifs is 1. The molecule has 0 aliphatic rings. The van der Waals surface area contributed by atoms with Crippen LogP contribution < -0.4 is 4.74 Å². The van der Waals surface area contributed by atoms with Gasteiger partial charge in [0, 0.05) is 6.20 Å². The molecule has 0 bridgehead atoms. The van der Waals surface area contributed by atoms with Gasteiger partial charge in [-0.05, 0) is 60.8 Å². The third kappa shape index (κ3) is 2.51. The van der Waals surface area contributed by atoms with E-state index in [1.165, 1.54) is 5.39 Å². The average Bonchev–Trinajstić information content (AvgIpc) is 2.44. The summed E-state index contributed by atoms with van der Waals surface area (Å²) in [6.45, 7) is 0. The van der Waals surface area contributed by atoms with Crippen LogP contribution >= 0.6 is 31.9 Å². The van der Waals surface area contributed by atoms with Gasteiger partial charge in [-0.1, -0.05) is 30.3 Å². The molecule has 0 unspecified atom stereocenters. The van der Waals surface area contributed by atoms with E-state index in [1.807, 2.05) is 36.4 Å². The maximum Gasteiger partial charge on any atom is 0.233 e. The van der Waals surface area contributed by atoms with Crippen molar-refractivity contribution in [2.45, 2.75) is 0 Å². The van der Waals surface area contributed by atoms with E-state index in [0.29, 0.717) is 5.88 Å². The first-order valence-electron chi connectivity index (χ1n) is 5.71. The Morgan fingerprint density at radius 1 is 0.895 bits per heavy atom. The lowest BCUT2D eigenvalue weighted by Gasteiger charge is -2.10. The van der Waals surface area contributed by atoms with E-state index in [-0.39, 0.29) is 0 Å². The molecule has 0 N–H and O–H groups in total. The number of pyridine rings is 1. The molecule has 0 aliphatic heterocycles. The van der Waals surface area contributed by atoms with Crippen LogP contribution in [0.3, 0.4) is 0 Å². The Hall–Kier alpha value is -1.39. The normalized spacial score (nSPS) is 10.6. The van der Waals surface area contributed by atoms with E-state index in [2.05, 4.69) is 49.0 Å². The molecule has 0 aliphatic carbocycles. The molecule has 0 atom stereocenters. The van der Waals surface area contributed by atoms with Crippen molar-refractivity contribution in [3.05, 3.63) is 63.7 Å². The predicted molar refractivity (Wildman–Crippen MR) is 83.7 cm³/mol. The second kappa shape index (κ2) is 5.31. The lowest BCUT2D eigenvalue weighted by atomic mass is 10.1. The van der Waals surface area contributed by atoms with Crippen molar-refractivity contribution in [3.63, 3.8) is 0 Å². The van der Waals surface area contributed by atoms with Gasteiger partial charge in [0.15, 0.2) is 0 Å². The third-order valence-electron chi connectivity index (χ3n) is 2.76. The van der Waals surface area contributed by atoms with Gasteiger partial charge in [0.05, 0.1) is 8.95 Å². The largest absolute Gasteiger partial charge is 0.437 e. The fraction of sp³-hybridized carbons (Fsp3) is 0. The summed E-state index contributed by atoms with van der Waals surface area (Å²) in [6, 6.07) is 15.9. The molecule has 94 valence electrons. The number of hydrogen-bond donors (Lipinski definition) is 0. The first-order valence-corrected chi connectivity index (χ1v) is 7.30. The highest BCUT2D eigenvalue weighted by molar-refractivity contribution is 9.11. The van der Waals surface area contributed by atoms with Gasteiger partial charge in [-0.3, -0.25) is 0 Å². The maximum atomic E-state index is 5.84. The Kier molecular flexibility index (Phi) is 3.53. The summed E-state index contributed by atoms with van der Waals surface area (Å²) in [5.41, 5.74) is 0. The van der Waals surface area contributed by atoms with Crippen molar-refractivity contribution in [2.75, 3.05) is 0 Å². The number of aromatic nitrogens is 1. The smallest absolute Gasteiger partial charge is 0.233 e. The highest BCUT2D eigenvalue weighted by Gasteiger charge is 2.09. The van der Waals surface area contributed by atoms with Crippen LogP contribution in [-0.4, -0.2) is 4.98 Å². The van der Waals surface area contributed by atoms with E-state index in [0.717, 1.165) is 20.1 Å². The van der Waals surface area contributed by atoms with Crippen LogP contribution in [0.5, 0.6) is 11.6 Å². The average molecular weight is 379 g/mol. The Morgan fingerprint density at radius 3 is 2.58 bits per heavy atom. The summed E-state index contributed by atoms with van der Waals surface area (Å²) in [7, 11) is 0. The Morgan fingerprint density at radius 2 is 1.74 bits per heavy atom. The monoisotopic (exact) mass is 377 g/mol. The minimum atomic E-state index is 0.554. The van der Waals surface area contributed by atoms with E-state index < -0.39 is 0 Å². The Bertz CT molecular complexity index is 743. The summed E-state index contributed by atoms with van der Waals surface area (Å²) in [5.74, 6) is 1.30. The van der Waals surface area contributed by atoms with Crippen molar-refractivity contribution in [2.24, 2.45) is 0 Å². The van der Waals surface area contributed by atoms with Crippen LogP contribution in [-0.2, 0) is 0 Å². The molecule has 1 aromatic heterocycles. The zero-order chi connectivity index (χ0) is 13.2. The van der Waals surface area contributed by atoms with E-state index in [9.17, 15) is 0 Å². The molecule has 0 fully saturated rings. The van der Waals surface area contributed by atoms with Gasteiger partial charge in [-0.15, -0.1) is 0 Å². The summed E-state index contributed by atoms with van der Waals surface area (Å²) >= 11 is 7.02. The maximum absolute atomic E-state index is 5.84. The van der Waals surface area contributed by atoms with Gasteiger partial charge < -0.3 is 4.74 Å².